The van der Waals surface area contributed by atoms with Gasteiger partial charge in [-0.2, -0.15) is 0 Å². The molecule has 0 amide bonds. The van der Waals surface area contributed by atoms with Gasteiger partial charge in [0.2, 0.25) is 0 Å². The van der Waals surface area contributed by atoms with Crippen LogP contribution < -0.4 is 5.32 Å². The third-order valence-corrected chi connectivity index (χ3v) is 7.02. The SMILES string of the molecule is C=C(C)CN=C(NCC1CCS(=O)(=O)C1)N1CCC(C2CC2)C1.I. The minimum absolute atomic E-state index is 0. The van der Waals surface area contributed by atoms with Gasteiger partial charge in [0.1, 0.15) is 0 Å². The van der Waals surface area contributed by atoms with Crippen LogP contribution in [-0.2, 0) is 9.84 Å². The maximum Gasteiger partial charge on any atom is 0.194 e. The molecular formula is C17H30IN3O2S. The van der Waals surface area contributed by atoms with Crippen LogP contribution in [0.1, 0.15) is 32.6 Å². The second-order valence-electron chi connectivity index (χ2n) is 7.58. The highest BCUT2D eigenvalue weighted by atomic mass is 127. The number of aliphatic imine (C=N–C) groups is 1. The summed E-state index contributed by atoms with van der Waals surface area (Å²) in [5, 5.41) is 3.45. The zero-order valence-electron chi connectivity index (χ0n) is 14.5. The van der Waals surface area contributed by atoms with Crippen molar-refractivity contribution in [1.29, 1.82) is 0 Å². The second-order valence-corrected chi connectivity index (χ2v) is 9.81. The topological polar surface area (TPSA) is 61.8 Å². The monoisotopic (exact) mass is 467 g/mol. The number of halogens is 1. The molecule has 1 saturated carbocycles. The zero-order chi connectivity index (χ0) is 16.4. The molecule has 1 aliphatic carbocycles. The molecule has 5 nitrogen and oxygen atoms in total. The fraction of sp³-hybridized carbons (Fsp3) is 0.824. The van der Waals surface area contributed by atoms with Gasteiger partial charge in [0.25, 0.3) is 0 Å². The maximum absolute atomic E-state index is 11.6. The zero-order valence-corrected chi connectivity index (χ0v) is 17.7. The van der Waals surface area contributed by atoms with E-state index in [4.69, 9.17) is 4.99 Å². The minimum Gasteiger partial charge on any atom is -0.356 e. The van der Waals surface area contributed by atoms with Gasteiger partial charge in [-0.15, -0.1) is 24.0 Å². The second kappa shape index (κ2) is 8.38. The third-order valence-electron chi connectivity index (χ3n) is 5.19. The third kappa shape index (κ3) is 5.61. The fourth-order valence-electron chi connectivity index (χ4n) is 3.68. The van der Waals surface area contributed by atoms with Crippen molar-refractivity contribution in [2.75, 3.05) is 37.7 Å². The van der Waals surface area contributed by atoms with Crippen molar-refractivity contribution < 1.29 is 8.42 Å². The van der Waals surface area contributed by atoms with E-state index in [9.17, 15) is 8.42 Å². The van der Waals surface area contributed by atoms with E-state index in [1.54, 1.807) is 0 Å². The van der Waals surface area contributed by atoms with E-state index in [0.717, 1.165) is 42.9 Å². The molecular weight excluding hydrogens is 437 g/mol. The molecule has 3 rings (SSSR count). The summed E-state index contributed by atoms with van der Waals surface area (Å²) in [7, 11) is -2.81. The molecule has 2 aliphatic heterocycles. The quantitative estimate of drug-likeness (QED) is 0.292. The van der Waals surface area contributed by atoms with Crippen LogP contribution in [0.15, 0.2) is 17.1 Å². The smallest absolute Gasteiger partial charge is 0.194 e. The molecule has 0 aromatic carbocycles. The normalized spacial score (nSPS) is 29.4. The van der Waals surface area contributed by atoms with Gasteiger partial charge in [-0.3, -0.25) is 0 Å². The predicted octanol–water partition coefficient (Wildman–Crippen LogP) is 2.29. The van der Waals surface area contributed by atoms with Crippen LogP contribution in [0.2, 0.25) is 0 Å². The Morgan fingerprint density at radius 2 is 2.00 bits per heavy atom. The Balaban J connectivity index is 0.00000208. The average molecular weight is 467 g/mol. The minimum atomic E-state index is -2.81. The van der Waals surface area contributed by atoms with Gasteiger partial charge >= 0.3 is 0 Å². The Bertz CT molecular complexity index is 587. The number of hydrogen-bond acceptors (Lipinski definition) is 3. The van der Waals surface area contributed by atoms with E-state index in [1.165, 1.54) is 19.3 Å². The number of nitrogens with zero attached hydrogens (tertiary/aromatic N) is 2. The van der Waals surface area contributed by atoms with Crippen molar-refractivity contribution in [1.82, 2.24) is 10.2 Å². The number of nitrogens with one attached hydrogen (secondary N) is 1. The van der Waals surface area contributed by atoms with Crippen molar-refractivity contribution in [2.45, 2.75) is 32.6 Å². The summed E-state index contributed by atoms with van der Waals surface area (Å²) >= 11 is 0. The van der Waals surface area contributed by atoms with Crippen LogP contribution in [-0.4, -0.2) is 57.0 Å². The summed E-state index contributed by atoms with van der Waals surface area (Å²) in [6, 6.07) is 0. The number of rotatable bonds is 5. The number of guanidine groups is 1. The molecule has 0 bridgehead atoms. The van der Waals surface area contributed by atoms with Crippen LogP contribution in [0, 0.1) is 17.8 Å². The van der Waals surface area contributed by atoms with Crippen LogP contribution in [0.4, 0.5) is 0 Å². The van der Waals surface area contributed by atoms with Crippen LogP contribution in [0.5, 0.6) is 0 Å². The molecule has 2 atom stereocenters. The van der Waals surface area contributed by atoms with E-state index in [1.807, 2.05) is 6.92 Å². The van der Waals surface area contributed by atoms with Gasteiger partial charge in [0.05, 0.1) is 18.1 Å². The molecule has 138 valence electrons. The van der Waals surface area contributed by atoms with Crippen molar-refractivity contribution in [3.8, 4) is 0 Å². The molecule has 0 aromatic rings. The molecule has 3 aliphatic rings. The Hall–Kier alpha value is -0.310. The first kappa shape index (κ1) is 20.0. The summed E-state index contributed by atoms with van der Waals surface area (Å²) in [5.74, 6) is 3.57. The van der Waals surface area contributed by atoms with E-state index >= 15 is 0 Å². The van der Waals surface area contributed by atoms with Gasteiger partial charge in [0.15, 0.2) is 15.8 Å². The highest BCUT2D eigenvalue weighted by Gasteiger charge is 2.37. The van der Waals surface area contributed by atoms with Gasteiger partial charge < -0.3 is 10.2 Å². The lowest BCUT2D eigenvalue weighted by Gasteiger charge is -2.23. The Morgan fingerprint density at radius 1 is 1.25 bits per heavy atom. The maximum atomic E-state index is 11.6. The lowest BCUT2D eigenvalue weighted by Crippen LogP contribution is -2.42. The lowest BCUT2D eigenvalue weighted by atomic mass is 10.0. The van der Waals surface area contributed by atoms with Crippen molar-refractivity contribution in [3.05, 3.63) is 12.2 Å². The Labute approximate surface area is 163 Å². The van der Waals surface area contributed by atoms with Gasteiger partial charge in [-0.25, -0.2) is 13.4 Å². The van der Waals surface area contributed by atoms with Crippen molar-refractivity contribution >= 4 is 39.8 Å². The summed E-state index contributed by atoms with van der Waals surface area (Å²) in [4.78, 5) is 7.06. The van der Waals surface area contributed by atoms with E-state index < -0.39 is 9.84 Å². The summed E-state index contributed by atoms with van der Waals surface area (Å²) < 4.78 is 23.2. The first-order chi connectivity index (χ1) is 10.9. The van der Waals surface area contributed by atoms with E-state index in [-0.39, 0.29) is 29.9 Å². The van der Waals surface area contributed by atoms with Crippen LogP contribution in [0.3, 0.4) is 0 Å². The van der Waals surface area contributed by atoms with Gasteiger partial charge in [-0.1, -0.05) is 12.2 Å². The molecule has 2 heterocycles. The fourth-order valence-corrected chi connectivity index (χ4v) is 5.54. The highest BCUT2D eigenvalue weighted by Crippen LogP contribution is 2.41. The summed E-state index contributed by atoms with van der Waals surface area (Å²) in [6.07, 6.45) is 4.82. The van der Waals surface area contributed by atoms with Gasteiger partial charge in [-0.05, 0) is 50.4 Å². The summed E-state index contributed by atoms with van der Waals surface area (Å²) in [6.45, 7) is 9.42. The Kier molecular flexibility index (Phi) is 6.99. The number of sulfone groups is 1. The highest BCUT2D eigenvalue weighted by molar-refractivity contribution is 14.0. The molecule has 0 aromatic heterocycles. The predicted molar refractivity (Wildman–Crippen MR) is 110 cm³/mol. The number of hydrogen-bond donors (Lipinski definition) is 1. The average Bonchev–Trinajstić information content (AvgIpc) is 3.11. The lowest BCUT2D eigenvalue weighted by molar-refractivity contribution is 0.430. The van der Waals surface area contributed by atoms with Gasteiger partial charge in [0, 0.05) is 19.6 Å². The van der Waals surface area contributed by atoms with Crippen LogP contribution >= 0.6 is 24.0 Å². The first-order valence-corrected chi connectivity index (χ1v) is 10.6. The van der Waals surface area contributed by atoms with Crippen molar-refractivity contribution in [2.24, 2.45) is 22.7 Å². The molecule has 2 unspecified atom stereocenters. The molecule has 0 radical (unpaired) electrons. The molecule has 24 heavy (non-hydrogen) atoms. The molecule has 0 spiro atoms. The summed E-state index contributed by atoms with van der Waals surface area (Å²) in [5.41, 5.74) is 1.05. The molecule has 7 heteroatoms. The standard InChI is InChI=1S/C17H29N3O2S.HI/c1-13(2)9-18-17(19-10-14-6-8-23(21,22)12-14)20-7-5-16(11-20)15-3-4-15;/h14-16H,1,3-12H2,2H3,(H,18,19);1H. The van der Waals surface area contributed by atoms with E-state index in [0.29, 0.717) is 24.6 Å². The Morgan fingerprint density at radius 3 is 2.58 bits per heavy atom. The van der Waals surface area contributed by atoms with E-state index in [2.05, 4.69) is 16.8 Å². The van der Waals surface area contributed by atoms with Crippen LogP contribution in [0.25, 0.3) is 0 Å². The van der Waals surface area contributed by atoms with Crippen molar-refractivity contribution in [3.63, 3.8) is 0 Å². The largest absolute Gasteiger partial charge is 0.356 e. The number of likely N-dealkylation sites (tertiary alicyclic amines) is 1. The molecule has 1 N–H and O–H groups in total. The molecule has 2 saturated heterocycles. The first-order valence-electron chi connectivity index (χ1n) is 8.81. The molecule has 3 fully saturated rings.